The van der Waals surface area contributed by atoms with E-state index < -0.39 is 10.0 Å². The third kappa shape index (κ3) is 3.64. The van der Waals surface area contributed by atoms with Crippen molar-refractivity contribution in [3.05, 3.63) is 64.8 Å². The molecule has 0 bridgehead atoms. The molecule has 0 saturated carbocycles. The minimum Gasteiger partial charge on any atom is -0.459 e. The van der Waals surface area contributed by atoms with Gasteiger partial charge < -0.3 is 9.32 Å². The summed E-state index contributed by atoms with van der Waals surface area (Å²) in [7, 11) is -3.76. The highest BCUT2D eigenvalue weighted by Gasteiger charge is 2.34. The molecular weight excluding hydrogens is 428 g/mol. The lowest BCUT2D eigenvalue weighted by atomic mass is 10.3. The van der Waals surface area contributed by atoms with Crippen molar-refractivity contribution >= 4 is 27.5 Å². The number of furan rings is 1. The van der Waals surface area contributed by atoms with Crippen LogP contribution in [0.4, 0.5) is 0 Å². The molecule has 8 nitrogen and oxygen atoms in total. The number of sulfonamides is 1. The molecule has 0 radical (unpaired) electrons. The van der Waals surface area contributed by atoms with Gasteiger partial charge in [0.2, 0.25) is 10.0 Å². The number of amides is 1. The molecule has 3 aromatic rings. The monoisotopic (exact) mass is 448 g/mol. The lowest BCUT2D eigenvalue weighted by molar-refractivity contribution is 0.0666. The lowest BCUT2D eigenvalue weighted by Crippen LogP contribution is -2.50. The summed E-state index contributed by atoms with van der Waals surface area (Å²) in [4.78, 5) is 14.2. The molecule has 2 aromatic heterocycles. The minimum atomic E-state index is -3.76. The Morgan fingerprint density at radius 1 is 1.07 bits per heavy atom. The quantitative estimate of drug-likeness (QED) is 0.612. The second-order valence-electron chi connectivity index (χ2n) is 7.06. The predicted molar refractivity (Wildman–Crippen MR) is 111 cm³/mol. The van der Waals surface area contributed by atoms with Gasteiger partial charge in [-0.05, 0) is 50.2 Å². The van der Waals surface area contributed by atoms with Crippen LogP contribution in [0.25, 0.3) is 5.69 Å². The summed E-state index contributed by atoms with van der Waals surface area (Å²) in [6, 6.07) is 10.3. The normalized spacial score (nSPS) is 15.5. The fraction of sp³-hybridized carbons (Fsp3) is 0.300. The smallest absolute Gasteiger partial charge is 0.289 e. The fourth-order valence-corrected chi connectivity index (χ4v) is 5.55. The summed E-state index contributed by atoms with van der Waals surface area (Å²) in [6.07, 6.45) is 1.44. The Hall–Kier alpha value is -2.62. The Kier molecular flexibility index (Phi) is 5.44. The Bertz CT molecular complexity index is 1160. The third-order valence-electron chi connectivity index (χ3n) is 5.15. The number of benzene rings is 1. The Labute approximate surface area is 179 Å². The first-order valence-corrected chi connectivity index (χ1v) is 11.3. The molecule has 0 aliphatic carbocycles. The summed E-state index contributed by atoms with van der Waals surface area (Å²) < 4.78 is 34.9. The maximum Gasteiger partial charge on any atom is 0.289 e. The molecule has 3 heterocycles. The first kappa shape index (κ1) is 20.6. The second kappa shape index (κ2) is 7.90. The standard InChI is InChI=1S/C20H21ClN4O4S/c1-14-19(15(2)25(22-14)17-7-5-16(21)6-8-17)30(27,28)24-11-9-23(10-12-24)20(26)18-4-3-13-29-18/h3-8,13H,9-12H2,1-2H3. The van der Waals surface area contributed by atoms with Gasteiger partial charge in [-0.1, -0.05) is 11.6 Å². The van der Waals surface area contributed by atoms with Gasteiger partial charge in [0.05, 0.1) is 23.3 Å². The number of carbonyl (C=O) groups is 1. The van der Waals surface area contributed by atoms with E-state index in [1.165, 1.54) is 10.6 Å². The SMILES string of the molecule is Cc1nn(-c2ccc(Cl)cc2)c(C)c1S(=O)(=O)N1CCN(C(=O)c2ccco2)CC1. The lowest BCUT2D eigenvalue weighted by Gasteiger charge is -2.33. The molecule has 1 amide bonds. The summed E-state index contributed by atoms with van der Waals surface area (Å²) in [5.41, 5.74) is 1.69. The van der Waals surface area contributed by atoms with E-state index in [0.29, 0.717) is 29.5 Å². The molecule has 30 heavy (non-hydrogen) atoms. The van der Waals surface area contributed by atoms with Gasteiger partial charge in [-0.25, -0.2) is 13.1 Å². The number of hydrogen-bond donors (Lipinski definition) is 0. The molecular formula is C20H21ClN4O4S. The van der Waals surface area contributed by atoms with E-state index in [9.17, 15) is 13.2 Å². The molecule has 10 heteroatoms. The van der Waals surface area contributed by atoms with Crippen molar-refractivity contribution in [1.29, 1.82) is 0 Å². The molecule has 0 atom stereocenters. The van der Waals surface area contributed by atoms with Gasteiger partial charge in [0, 0.05) is 31.2 Å². The predicted octanol–water partition coefficient (Wildman–Crippen LogP) is 2.88. The zero-order chi connectivity index (χ0) is 21.5. The van der Waals surface area contributed by atoms with E-state index in [1.54, 1.807) is 59.8 Å². The first-order valence-electron chi connectivity index (χ1n) is 9.44. The van der Waals surface area contributed by atoms with Crippen LogP contribution in [-0.4, -0.2) is 59.5 Å². The van der Waals surface area contributed by atoms with Crippen LogP contribution in [0.1, 0.15) is 21.9 Å². The molecule has 1 aliphatic heterocycles. The highest BCUT2D eigenvalue weighted by molar-refractivity contribution is 7.89. The van der Waals surface area contributed by atoms with Crippen molar-refractivity contribution in [1.82, 2.24) is 19.0 Å². The molecule has 158 valence electrons. The summed E-state index contributed by atoms with van der Waals surface area (Å²) >= 11 is 5.95. The van der Waals surface area contributed by atoms with Crippen molar-refractivity contribution in [3.8, 4) is 5.69 Å². The molecule has 1 saturated heterocycles. The van der Waals surface area contributed by atoms with Gasteiger partial charge in [-0.3, -0.25) is 4.79 Å². The number of nitrogens with zero attached hydrogens (tertiary/aromatic N) is 4. The van der Waals surface area contributed by atoms with Crippen molar-refractivity contribution < 1.29 is 17.6 Å². The number of carbonyl (C=O) groups excluding carboxylic acids is 1. The number of hydrogen-bond acceptors (Lipinski definition) is 5. The van der Waals surface area contributed by atoms with Crippen molar-refractivity contribution in [2.75, 3.05) is 26.2 Å². The van der Waals surface area contributed by atoms with Gasteiger partial charge in [0.1, 0.15) is 4.90 Å². The van der Waals surface area contributed by atoms with Crippen LogP contribution >= 0.6 is 11.6 Å². The van der Waals surface area contributed by atoms with Gasteiger partial charge >= 0.3 is 0 Å². The second-order valence-corrected chi connectivity index (χ2v) is 9.37. The largest absolute Gasteiger partial charge is 0.459 e. The van der Waals surface area contributed by atoms with E-state index in [0.717, 1.165) is 5.69 Å². The maximum absolute atomic E-state index is 13.4. The summed E-state index contributed by atoms with van der Waals surface area (Å²) in [6.45, 7) is 4.42. The van der Waals surface area contributed by atoms with E-state index in [1.807, 2.05) is 0 Å². The number of piperazine rings is 1. The zero-order valence-corrected chi connectivity index (χ0v) is 18.2. The number of aryl methyl sites for hydroxylation is 1. The van der Waals surface area contributed by atoms with Crippen LogP contribution in [0, 0.1) is 13.8 Å². The van der Waals surface area contributed by atoms with Crippen LogP contribution in [0.5, 0.6) is 0 Å². The summed E-state index contributed by atoms with van der Waals surface area (Å²) in [5, 5.41) is 5.03. The Morgan fingerprint density at radius 3 is 2.33 bits per heavy atom. The average molecular weight is 449 g/mol. The van der Waals surface area contributed by atoms with Gasteiger partial charge in [-0.15, -0.1) is 0 Å². The third-order valence-corrected chi connectivity index (χ3v) is 7.56. The number of aromatic nitrogens is 2. The van der Waals surface area contributed by atoms with Crippen molar-refractivity contribution in [2.45, 2.75) is 18.7 Å². The topological polar surface area (TPSA) is 88.7 Å². The van der Waals surface area contributed by atoms with Gasteiger partial charge in [0.15, 0.2) is 5.76 Å². The van der Waals surface area contributed by atoms with Crippen LogP contribution in [0.15, 0.2) is 52.0 Å². The molecule has 1 fully saturated rings. The van der Waals surface area contributed by atoms with E-state index in [2.05, 4.69) is 5.10 Å². The minimum absolute atomic E-state index is 0.197. The molecule has 1 aromatic carbocycles. The summed E-state index contributed by atoms with van der Waals surface area (Å²) in [5.74, 6) is 0.0159. The van der Waals surface area contributed by atoms with E-state index in [-0.39, 0.29) is 29.7 Å². The van der Waals surface area contributed by atoms with E-state index >= 15 is 0 Å². The number of halogens is 1. The molecule has 1 aliphatic rings. The molecule has 0 unspecified atom stereocenters. The average Bonchev–Trinajstić information content (AvgIpc) is 3.36. The molecule has 0 N–H and O–H groups in total. The van der Waals surface area contributed by atoms with Gasteiger partial charge in [0.25, 0.3) is 5.91 Å². The van der Waals surface area contributed by atoms with Crippen molar-refractivity contribution in [2.24, 2.45) is 0 Å². The van der Waals surface area contributed by atoms with Crippen LogP contribution in [-0.2, 0) is 10.0 Å². The Balaban J connectivity index is 1.56. The van der Waals surface area contributed by atoms with E-state index in [4.69, 9.17) is 16.0 Å². The van der Waals surface area contributed by atoms with Crippen LogP contribution in [0.3, 0.4) is 0 Å². The Morgan fingerprint density at radius 2 is 1.73 bits per heavy atom. The molecule has 0 spiro atoms. The number of rotatable bonds is 4. The fourth-order valence-electron chi connectivity index (χ4n) is 3.65. The van der Waals surface area contributed by atoms with Crippen LogP contribution in [0.2, 0.25) is 5.02 Å². The molecule has 4 rings (SSSR count). The van der Waals surface area contributed by atoms with Gasteiger partial charge in [-0.2, -0.15) is 9.40 Å². The maximum atomic E-state index is 13.4. The zero-order valence-electron chi connectivity index (χ0n) is 16.6. The first-order chi connectivity index (χ1) is 14.3. The highest BCUT2D eigenvalue weighted by Crippen LogP contribution is 2.27. The highest BCUT2D eigenvalue weighted by atomic mass is 35.5. The van der Waals surface area contributed by atoms with Crippen LogP contribution < -0.4 is 0 Å². The van der Waals surface area contributed by atoms with Crippen molar-refractivity contribution in [3.63, 3.8) is 0 Å².